The molecular weight excluding hydrogens is 398 g/mol. The summed E-state index contributed by atoms with van der Waals surface area (Å²) in [6.45, 7) is 4.52. The molecular formula is C16H22ClN3O6S. The van der Waals surface area contributed by atoms with Crippen LogP contribution in [0.25, 0.3) is 0 Å². The molecule has 0 aromatic heterocycles. The number of urea groups is 1. The first kappa shape index (κ1) is 22.9. The fourth-order valence-corrected chi connectivity index (χ4v) is 2.96. The standard InChI is InChI=1S/C16H22ClN3O6S/c1-10(2)19-16(23)20-15(22)11(3)26-14(21)8-9-18-27(24,25)13-6-4-12(17)5-7-13/h4-7,10-11,18H,8-9H2,1-3H3,(H2,19,20,22,23)/t11-/m0/s1. The van der Waals surface area contributed by atoms with Crippen LogP contribution in [0.5, 0.6) is 0 Å². The van der Waals surface area contributed by atoms with Gasteiger partial charge >= 0.3 is 12.0 Å². The smallest absolute Gasteiger partial charge is 0.321 e. The lowest BCUT2D eigenvalue weighted by Gasteiger charge is -2.14. The number of hydrogen-bond acceptors (Lipinski definition) is 6. The van der Waals surface area contributed by atoms with E-state index in [4.69, 9.17) is 16.3 Å². The molecule has 11 heteroatoms. The number of benzene rings is 1. The van der Waals surface area contributed by atoms with Crippen LogP contribution >= 0.6 is 11.6 Å². The summed E-state index contributed by atoms with van der Waals surface area (Å²) in [5.41, 5.74) is 0. The van der Waals surface area contributed by atoms with Crippen molar-refractivity contribution in [2.45, 2.75) is 44.2 Å². The minimum Gasteiger partial charge on any atom is -0.452 e. The Bertz CT molecular complexity index is 780. The van der Waals surface area contributed by atoms with Crippen molar-refractivity contribution in [3.8, 4) is 0 Å². The number of carbonyl (C=O) groups is 3. The van der Waals surface area contributed by atoms with Gasteiger partial charge < -0.3 is 10.1 Å². The van der Waals surface area contributed by atoms with Crippen LogP contribution in [0, 0.1) is 0 Å². The van der Waals surface area contributed by atoms with Gasteiger partial charge in [-0.3, -0.25) is 14.9 Å². The van der Waals surface area contributed by atoms with Crippen LogP contribution in [-0.4, -0.2) is 45.0 Å². The van der Waals surface area contributed by atoms with E-state index in [2.05, 4.69) is 10.0 Å². The monoisotopic (exact) mass is 419 g/mol. The zero-order valence-corrected chi connectivity index (χ0v) is 16.7. The Morgan fingerprint density at radius 3 is 2.26 bits per heavy atom. The Labute approximate surface area is 162 Å². The van der Waals surface area contributed by atoms with E-state index in [-0.39, 0.29) is 23.9 Å². The van der Waals surface area contributed by atoms with Crippen molar-refractivity contribution in [2.24, 2.45) is 0 Å². The highest BCUT2D eigenvalue weighted by Gasteiger charge is 2.21. The third-order valence-corrected chi connectivity index (χ3v) is 4.81. The lowest BCUT2D eigenvalue weighted by Crippen LogP contribution is -2.46. The maximum atomic E-state index is 12.0. The number of imide groups is 1. The summed E-state index contributed by atoms with van der Waals surface area (Å²) in [4.78, 5) is 34.9. The third-order valence-electron chi connectivity index (χ3n) is 3.08. The Balaban J connectivity index is 2.42. The minimum atomic E-state index is -3.79. The van der Waals surface area contributed by atoms with E-state index in [0.29, 0.717) is 5.02 Å². The van der Waals surface area contributed by atoms with Gasteiger partial charge in [-0.05, 0) is 45.0 Å². The molecule has 0 unspecified atom stereocenters. The van der Waals surface area contributed by atoms with Gasteiger partial charge in [0, 0.05) is 17.6 Å². The molecule has 1 rings (SSSR count). The van der Waals surface area contributed by atoms with Gasteiger partial charge in [-0.25, -0.2) is 17.9 Å². The van der Waals surface area contributed by atoms with E-state index >= 15 is 0 Å². The highest BCUT2D eigenvalue weighted by Crippen LogP contribution is 2.13. The van der Waals surface area contributed by atoms with Gasteiger partial charge in [0.1, 0.15) is 0 Å². The predicted molar refractivity (Wildman–Crippen MR) is 98.6 cm³/mol. The Morgan fingerprint density at radius 1 is 1.11 bits per heavy atom. The molecule has 1 aromatic carbocycles. The van der Waals surface area contributed by atoms with Crippen molar-refractivity contribution in [3.63, 3.8) is 0 Å². The van der Waals surface area contributed by atoms with Crippen molar-refractivity contribution >= 4 is 39.5 Å². The van der Waals surface area contributed by atoms with Gasteiger partial charge in [0.15, 0.2) is 6.10 Å². The second-order valence-electron chi connectivity index (χ2n) is 5.85. The molecule has 0 heterocycles. The first-order chi connectivity index (χ1) is 12.5. The number of hydrogen-bond donors (Lipinski definition) is 3. The fraction of sp³-hybridized carbons (Fsp3) is 0.438. The highest BCUT2D eigenvalue weighted by atomic mass is 35.5. The van der Waals surface area contributed by atoms with Crippen molar-refractivity contribution in [2.75, 3.05) is 6.54 Å². The number of amides is 3. The first-order valence-electron chi connectivity index (χ1n) is 8.07. The van der Waals surface area contributed by atoms with Gasteiger partial charge in [-0.1, -0.05) is 11.6 Å². The largest absolute Gasteiger partial charge is 0.452 e. The number of carbonyl (C=O) groups excluding carboxylic acids is 3. The molecule has 0 bridgehead atoms. The Hall–Kier alpha value is -2.17. The molecule has 1 atom stereocenters. The van der Waals surface area contributed by atoms with Crippen molar-refractivity contribution in [1.82, 2.24) is 15.4 Å². The predicted octanol–water partition coefficient (Wildman–Crippen LogP) is 1.17. The summed E-state index contributed by atoms with van der Waals surface area (Å²) in [7, 11) is -3.79. The molecule has 1 aromatic rings. The van der Waals surface area contributed by atoms with E-state index in [1.54, 1.807) is 13.8 Å². The normalized spacial score (nSPS) is 12.3. The topological polar surface area (TPSA) is 131 Å². The second kappa shape index (κ2) is 10.2. The van der Waals surface area contributed by atoms with Gasteiger partial charge in [0.25, 0.3) is 5.91 Å². The highest BCUT2D eigenvalue weighted by molar-refractivity contribution is 7.89. The number of halogens is 1. The van der Waals surface area contributed by atoms with Crippen molar-refractivity contribution < 1.29 is 27.5 Å². The van der Waals surface area contributed by atoms with Crippen LogP contribution in [0.1, 0.15) is 27.2 Å². The molecule has 27 heavy (non-hydrogen) atoms. The molecule has 3 N–H and O–H groups in total. The summed E-state index contributed by atoms with van der Waals surface area (Å²) in [6, 6.07) is 4.66. The summed E-state index contributed by atoms with van der Waals surface area (Å²) < 4.78 is 31.2. The van der Waals surface area contributed by atoms with Crippen LogP contribution in [-0.2, 0) is 24.3 Å². The molecule has 0 spiro atoms. The summed E-state index contributed by atoms with van der Waals surface area (Å²) in [5.74, 6) is -1.58. The number of rotatable bonds is 8. The third kappa shape index (κ3) is 8.37. The van der Waals surface area contributed by atoms with E-state index in [0.717, 1.165) is 0 Å². The number of esters is 1. The summed E-state index contributed by atoms with van der Waals surface area (Å²) in [5, 5.41) is 4.88. The van der Waals surface area contributed by atoms with Gasteiger partial charge in [0.2, 0.25) is 10.0 Å². The number of ether oxygens (including phenoxy) is 1. The lowest BCUT2D eigenvalue weighted by atomic mass is 10.3. The summed E-state index contributed by atoms with van der Waals surface area (Å²) in [6.07, 6.45) is -1.49. The molecule has 9 nitrogen and oxygen atoms in total. The Kier molecular flexibility index (Phi) is 8.67. The SMILES string of the molecule is CC(C)NC(=O)NC(=O)[C@H](C)OC(=O)CCNS(=O)(=O)c1ccc(Cl)cc1. The molecule has 0 aliphatic carbocycles. The van der Waals surface area contributed by atoms with Crippen molar-refractivity contribution in [3.05, 3.63) is 29.3 Å². The van der Waals surface area contributed by atoms with Crippen LogP contribution < -0.4 is 15.4 Å². The van der Waals surface area contributed by atoms with E-state index in [1.807, 2.05) is 5.32 Å². The van der Waals surface area contributed by atoms with Gasteiger partial charge in [-0.15, -0.1) is 0 Å². The molecule has 0 saturated heterocycles. The molecule has 0 aliphatic rings. The van der Waals surface area contributed by atoms with Crippen LogP contribution in [0.4, 0.5) is 4.79 Å². The average molecular weight is 420 g/mol. The first-order valence-corrected chi connectivity index (χ1v) is 9.93. The average Bonchev–Trinajstić information content (AvgIpc) is 2.54. The second-order valence-corrected chi connectivity index (χ2v) is 8.05. The molecule has 3 amide bonds. The van der Waals surface area contributed by atoms with Gasteiger partial charge in [0.05, 0.1) is 11.3 Å². The molecule has 0 saturated carbocycles. The van der Waals surface area contributed by atoms with E-state index < -0.39 is 34.0 Å². The zero-order valence-electron chi connectivity index (χ0n) is 15.1. The van der Waals surface area contributed by atoms with Crippen LogP contribution in [0.3, 0.4) is 0 Å². The Morgan fingerprint density at radius 2 is 1.70 bits per heavy atom. The number of sulfonamides is 1. The minimum absolute atomic E-state index is 0.00387. The molecule has 0 radical (unpaired) electrons. The molecule has 0 fully saturated rings. The maximum Gasteiger partial charge on any atom is 0.321 e. The number of nitrogens with one attached hydrogen (secondary N) is 3. The zero-order chi connectivity index (χ0) is 20.6. The van der Waals surface area contributed by atoms with Crippen LogP contribution in [0.2, 0.25) is 5.02 Å². The van der Waals surface area contributed by atoms with Crippen molar-refractivity contribution in [1.29, 1.82) is 0 Å². The van der Waals surface area contributed by atoms with Gasteiger partial charge in [-0.2, -0.15) is 0 Å². The quantitative estimate of drug-likeness (QED) is 0.542. The van der Waals surface area contributed by atoms with Crippen LogP contribution in [0.15, 0.2) is 29.2 Å². The molecule has 0 aliphatic heterocycles. The summed E-state index contributed by atoms with van der Waals surface area (Å²) >= 11 is 5.70. The van der Waals surface area contributed by atoms with E-state index in [9.17, 15) is 22.8 Å². The fourth-order valence-electron chi connectivity index (χ4n) is 1.81. The lowest BCUT2D eigenvalue weighted by molar-refractivity contribution is -0.154. The maximum absolute atomic E-state index is 12.0. The molecule has 150 valence electrons. The van der Waals surface area contributed by atoms with E-state index in [1.165, 1.54) is 31.2 Å².